The van der Waals surface area contributed by atoms with Gasteiger partial charge in [-0.05, 0) is 18.1 Å². The third-order valence-corrected chi connectivity index (χ3v) is 2.88. The average Bonchev–Trinajstić information content (AvgIpc) is 2.23. The topological polar surface area (TPSA) is 66.6 Å². The smallest absolute Gasteiger partial charge is 0.223 e. The number of nitrogen functional groups attached to an aromatic ring is 1. The van der Waals surface area contributed by atoms with E-state index in [-0.39, 0.29) is 12.0 Å². The number of para-hydroxylation sites is 1. The van der Waals surface area contributed by atoms with Crippen LogP contribution in [-0.4, -0.2) is 35.1 Å². The molecule has 1 amide bonds. The Balaban J connectivity index is 1.83. The van der Waals surface area contributed by atoms with Gasteiger partial charge in [0.2, 0.25) is 5.91 Å². The molecule has 0 atom stereocenters. The first-order valence-electron chi connectivity index (χ1n) is 5.46. The van der Waals surface area contributed by atoms with Crippen LogP contribution in [0.2, 0.25) is 0 Å². The van der Waals surface area contributed by atoms with Gasteiger partial charge in [-0.2, -0.15) is 0 Å². The molecule has 1 aromatic carbocycles. The molecule has 2 rings (SSSR count). The van der Waals surface area contributed by atoms with Gasteiger partial charge < -0.3 is 15.7 Å². The normalized spacial score (nSPS) is 15.9. The largest absolute Gasteiger partial charge is 0.399 e. The zero-order valence-corrected chi connectivity index (χ0v) is 9.10. The lowest BCUT2D eigenvalue weighted by molar-refractivity contribution is -0.141. The van der Waals surface area contributed by atoms with Gasteiger partial charge in [0.15, 0.2) is 0 Å². The van der Waals surface area contributed by atoms with Gasteiger partial charge in [-0.1, -0.05) is 18.2 Å². The Morgan fingerprint density at radius 2 is 2.12 bits per heavy atom. The van der Waals surface area contributed by atoms with Gasteiger partial charge in [0.05, 0.1) is 6.10 Å². The molecular formula is C12H16N2O2. The molecule has 1 heterocycles. The number of carbonyl (C=O) groups is 1. The van der Waals surface area contributed by atoms with Crippen LogP contribution in [0.25, 0.3) is 0 Å². The van der Waals surface area contributed by atoms with E-state index in [9.17, 15) is 4.79 Å². The molecule has 4 nitrogen and oxygen atoms in total. The molecule has 0 saturated carbocycles. The molecule has 1 fully saturated rings. The summed E-state index contributed by atoms with van der Waals surface area (Å²) in [6.45, 7) is 0.951. The van der Waals surface area contributed by atoms with Crippen LogP contribution in [0.1, 0.15) is 12.0 Å². The number of β-amino-alcohol motifs (C(OH)–C–C–N with tert-alkyl or cyclic N) is 1. The van der Waals surface area contributed by atoms with Gasteiger partial charge in [0, 0.05) is 25.2 Å². The Hall–Kier alpha value is -1.55. The number of rotatable bonds is 3. The minimum atomic E-state index is -0.328. The van der Waals surface area contributed by atoms with E-state index in [1.165, 1.54) is 0 Å². The van der Waals surface area contributed by atoms with E-state index in [0.717, 1.165) is 11.3 Å². The van der Waals surface area contributed by atoms with Crippen molar-refractivity contribution < 1.29 is 9.90 Å². The summed E-state index contributed by atoms with van der Waals surface area (Å²) in [7, 11) is 0. The van der Waals surface area contributed by atoms with Crippen molar-refractivity contribution in [2.75, 3.05) is 18.8 Å². The van der Waals surface area contributed by atoms with Crippen LogP contribution in [0.5, 0.6) is 0 Å². The number of aryl methyl sites for hydroxylation is 1. The molecule has 1 saturated heterocycles. The Kier molecular flexibility index (Phi) is 3.10. The molecule has 0 radical (unpaired) electrons. The molecule has 0 bridgehead atoms. The summed E-state index contributed by atoms with van der Waals surface area (Å²) in [5.41, 5.74) is 7.53. The maximum absolute atomic E-state index is 11.6. The lowest BCUT2D eigenvalue weighted by atomic mass is 10.1. The highest BCUT2D eigenvalue weighted by atomic mass is 16.3. The number of aliphatic hydroxyl groups excluding tert-OH is 1. The summed E-state index contributed by atoms with van der Waals surface area (Å²) in [6.07, 6.45) is 0.796. The maximum Gasteiger partial charge on any atom is 0.223 e. The first-order valence-corrected chi connectivity index (χ1v) is 5.46. The lowest BCUT2D eigenvalue weighted by Gasteiger charge is -2.35. The number of aliphatic hydroxyl groups is 1. The number of hydrogen-bond acceptors (Lipinski definition) is 3. The molecule has 4 heteroatoms. The van der Waals surface area contributed by atoms with Crippen molar-refractivity contribution in [2.45, 2.75) is 18.9 Å². The fourth-order valence-electron chi connectivity index (χ4n) is 1.82. The Morgan fingerprint density at radius 1 is 1.44 bits per heavy atom. The lowest BCUT2D eigenvalue weighted by Crippen LogP contribution is -2.53. The van der Waals surface area contributed by atoms with E-state index in [2.05, 4.69) is 0 Å². The highest BCUT2D eigenvalue weighted by molar-refractivity contribution is 5.77. The Bertz CT molecular complexity index is 386. The minimum Gasteiger partial charge on any atom is -0.399 e. The van der Waals surface area contributed by atoms with E-state index in [1.807, 2.05) is 24.3 Å². The standard InChI is InChI=1S/C12H16N2O2/c13-11-4-2-1-3-9(11)5-6-12(16)14-7-10(15)8-14/h1-4,10,15H,5-8,13H2. The van der Waals surface area contributed by atoms with Gasteiger partial charge in [-0.25, -0.2) is 0 Å². The number of nitrogens with two attached hydrogens (primary N) is 1. The van der Waals surface area contributed by atoms with Crippen molar-refractivity contribution in [1.29, 1.82) is 0 Å². The summed E-state index contributed by atoms with van der Waals surface area (Å²) in [4.78, 5) is 13.3. The summed E-state index contributed by atoms with van der Waals surface area (Å²) < 4.78 is 0. The number of hydrogen-bond donors (Lipinski definition) is 2. The number of carbonyl (C=O) groups excluding carboxylic acids is 1. The van der Waals surface area contributed by atoms with Crippen LogP contribution in [0, 0.1) is 0 Å². The van der Waals surface area contributed by atoms with Crippen molar-refractivity contribution in [3.8, 4) is 0 Å². The third kappa shape index (κ3) is 2.33. The fraction of sp³-hybridized carbons (Fsp3) is 0.417. The second-order valence-corrected chi connectivity index (χ2v) is 4.15. The molecule has 1 aliphatic rings. The third-order valence-electron chi connectivity index (χ3n) is 2.88. The number of likely N-dealkylation sites (tertiary alicyclic amines) is 1. The number of amides is 1. The van der Waals surface area contributed by atoms with Crippen LogP contribution in [0.4, 0.5) is 5.69 Å². The van der Waals surface area contributed by atoms with Crippen LogP contribution in [0.15, 0.2) is 24.3 Å². The summed E-state index contributed by atoms with van der Waals surface area (Å²) in [6, 6.07) is 7.58. The van der Waals surface area contributed by atoms with Gasteiger partial charge in [-0.15, -0.1) is 0 Å². The fourth-order valence-corrected chi connectivity index (χ4v) is 1.82. The second kappa shape index (κ2) is 4.53. The molecule has 0 aromatic heterocycles. The van der Waals surface area contributed by atoms with Gasteiger partial charge in [0.25, 0.3) is 0 Å². The number of nitrogens with zero attached hydrogens (tertiary/aromatic N) is 1. The van der Waals surface area contributed by atoms with E-state index < -0.39 is 0 Å². The quantitative estimate of drug-likeness (QED) is 0.725. The first-order chi connectivity index (χ1) is 7.66. The van der Waals surface area contributed by atoms with E-state index >= 15 is 0 Å². The van der Waals surface area contributed by atoms with Crippen molar-refractivity contribution in [1.82, 2.24) is 4.90 Å². The Labute approximate surface area is 94.7 Å². The zero-order valence-electron chi connectivity index (χ0n) is 9.10. The average molecular weight is 220 g/mol. The molecular weight excluding hydrogens is 204 g/mol. The van der Waals surface area contributed by atoms with E-state index in [4.69, 9.17) is 10.8 Å². The molecule has 0 spiro atoms. The van der Waals surface area contributed by atoms with Gasteiger partial charge in [0.1, 0.15) is 0 Å². The summed E-state index contributed by atoms with van der Waals surface area (Å²) in [5, 5.41) is 9.08. The van der Waals surface area contributed by atoms with Crippen molar-refractivity contribution in [3.63, 3.8) is 0 Å². The van der Waals surface area contributed by atoms with Crippen LogP contribution in [0.3, 0.4) is 0 Å². The van der Waals surface area contributed by atoms with Crippen molar-refractivity contribution in [2.24, 2.45) is 0 Å². The highest BCUT2D eigenvalue weighted by Gasteiger charge is 2.28. The van der Waals surface area contributed by atoms with Crippen LogP contribution < -0.4 is 5.73 Å². The predicted molar refractivity (Wildman–Crippen MR) is 61.8 cm³/mol. The summed E-state index contributed by atoms with van der Waals surface area (Å²) in [5.74, 6) is 0.0913. The SMILES string of the molecule is Nc1ccccc1CCC(=O)N1CC(O)C1. The number of anilines is 1. The van der Waals surface area contributed by atoms with E-state index in [0.29, 0.717) is 25.9 Å². The Morgan fingerprint density at radius 3 is 2.75 bits per heavy atom. The molecule has 0 unspecified atom stereocenters. The second-order valence-electron chi connectivity index (χ2n) is 4.15. The summed E-state index contributed by atoms with van der Waals surface area (Å²) >= 11 is 0. The van der Waals surface area contributed by atoms with Crippen LogP contribution >= 0.6 is 0 Å². The van der Waals surface area contributed by atoms with Crippen molar-refractivity contribution >= 4 is 11.6 Å². The number of benzene rings is 1. The molecule has 86 valence electrons. The predicted octanol–water partition coefficient (Wildman–Crippen LogP) is 0.404. The monoisotopic (exact) mass is 220 g/mol. The van der Waals surface area contributed by atoms with Gasteiger partial charge >= 0.3 is 0 Å². The van der Waals surface area contributed by atoms with E-state index in [1.54, 1.807) is 4.90 Å². The minimum absolute atomic E-state index is 0.0913. The van der Waals surface area contributed by atoms with Gasteiger partial charge in [-0.3, -0.25) is 4.79 Å². The first kappa shape index (κ1) is 11.0. The molecule has 3 N–H and O–H groups in total. The molecule has 1 aliphatic heterocycles. The molecule has 1 aromatic rings. The van der Waals surface area contributed by atoms with Crippen molar-refractivity contribution in [3.05, 3.63) is 29.8 Å². The van der Waals surface area contributed by atoms with Crippen LogP contribution in [-0.2, 0) is 11.2 Å². The highest BCUT2D eigenvalue weighted by Crippen LogP contribution is 2.15. The molecule has 16 heavy (non-hydrogen) atoms. The maximum atomic E-state index is 11.6. The molecule has 0 aliphatic carbocycles. The zero-order chi connectivity index (χ0) is 11.5.